The predicted octanol–water partition coefficient (Wildman–Crippen LogP) is 1.92. The zero-order valence-corrected chi connectivity index (χ0v) is 11.7. The zero-order valence-electron chi connectivity index (χ0n) is 11.7. The molecule has 102 valence electrons. The molecule has 2 heterocycles. The van der Waals surface area contributed by atoms with Crippen LogP contribution in [0.2, 0.25) is 0 Å². The fourth-order valence-corrected chi connectivity index (χ4v) is 2.42. The molecular formula is C14H24N2O2. The first-order chi connectivity index (χ1) is 8.72. The average Bonchev–Trinajstić information content (AvgIpc) is 2.70. The maximum absolute atomic E-state index is 5.73. The minimum absolute atomic E-state index is 0.391. The van der Waals surface area contributed by atoms with E-state index in [-0.39, 0.29) is 0 Å². The van der Waals surface area contributed by atoms with E-state index in [1.807, 2.05) is 14.0 Å². The van der Waals surface area contributed by atoms with Gasteiger partial charge in [0.05, 0.1) is 19.3 Å². The van der Waals surface area contributed by atoms with E-state index >= 15 is 0 Å². The Bertz CT molecular complexity index is 376. The van der Waals surface area contributed by atoms with Crippen LogP contribution in [0.3, 0.4) is 0 Å². The first-order valence-electron chi connectivity index (χ1n) is 6.79. The molecule has 1 aromatic rings. The van der Waals surface area contributed by atoms with Gasteiger partial charge >= 0.3 is 0 Å². The van der Waals surface area contributed by atoms with E-state index in [1.54, 1.807) is 0 Å². The summed E-state index contributed by atoms with van der Waals surface area (Å²) in [6.45, 7) is 8.89. The number of nitrogens with zero attached hydrogens (tertiary/aromatic N) is 1. The summed E-state index contributed by atoms with van der Waals surface area (Å²) in [6, 6.07) is 2.17. The van der Waals surface area contributed by atoms with Gasteiger partial charge in [0.15, 0.2) is 0 Å². The molecule has 0 amide bonds. The van der Waals surface area contributed by atoms with Crippen LogP contribution >= 0.6 is 0 Å². The smallest absolute Gasteiger partial charge is 0.118 e. The van der Waals surface area contributed by atoms with Gasteiger partial charge < -0.3 is 14.5 Å². The summed E-state index contributed by atoms with van der Waals surface area (Å²) in [4.78, 5) is 2.46. The van der Waals surface area contributed by atoms with E-state index in [2.05, 4.69) is 23.2 Å². The van der Waals surface area contributed by atoms with Crippen molar-refractivity contribution < 1.29 is 9.15 Å². The number of aryl methyl sites for hydroxylation is 1. The van der Waals surface area contributed by atoms with E-state index in [4.69, 9.17) is 9.15 Å². The number of morpholine rings is 1. The van der Waals surface area contributed by atoms with Crippen LogP contribution in [0, 0.1) is 6.92 Å². The minimum atomic E-state index is 0.391. The van der Waals surface area contributed by atoms with Crippen LogP contribution in [-0.4, -0.2) is 37.7 Å². The molecule has 1 fully saturated rings. The second kappa shape index (κ2) is 6.36. The van der Waals surface area contributed by atoms with E-state index in [0.29, 0.717) is 6.10 Å². The van der Waals surface area contributed by atoms with Crippen molar-refractivity contribution in [2.24, 2.45) is 0 Å². The van der Waals surface area contributed by atoms with Gasteiger partial charge in [0.2, 0.25) is 0 Å². The molecule has 0 radical (unpaired) electrons. The second-order valence-electron chi connectivity index (χ2n) is 4.96. The number of hydrogen-bond acceptors (Lipinski definition) is 4. The highest BCUT2D eigenvalue weighted by molar-refractivity contribution is 5.20. The van der Waals surface area contributed by atoms with Crippen molar-refractivity contribution in [3.63, 3.8) is 0 Å². The first kappa shape index (κ1) is 13.6. The molecule has 4 nitrogen and oxygen atoms in total. The third-order valence-electron chi connectivity index (χ3n) is 3.49. The monoisotopic (exact) mass is 252 g/mol. The molecule has 0 bridgehead atoms. The number of furan rings is 1. The molecule has 18 heavy (non-hydrogen) atoms. The van der Waals surface area contributed by atoms with Crippen LogP contribution in [0.4, 0.5) is 0 Å². The standard InChI is InChI=1S/C14H24N2O2/c1-4-13-10-16(5-6-17-13)9-12-7-14(8-15-3)18-11(12)2/h7,13,15H,4-6,8-10H2,1-3H3. The fraction of sp³-hybridized carbons (Fsp3) is 0.714. The third kappa shape index (κ3) is 3.34. The lowest BCUT2D eigenvalue weighted by atomic mass is 10.2. The number of rotatable bonds is 5. The second-order valence-corrected chi connectivity index (χ2v) is 4.96. The highest BCUT2D eigenvalue weighted by atomic mass is 16.5. The molecule has 0 aliphatic carbocycles. The Hall–Kier alpha value is -0.840. The molecule has 1 atom stereocenters. The van der Waals surface area contributed by atoms with Gasteiger partial charge in [0, 0.05) is 25.2 Å². The van der Waals surface area contributed by atoms with Gasteiger partial charge in [-0.3, -0.25) is 4.90 Å². The summed E-state index contributed by atoms with van der Waals surface area (Å²) in [7, 11) is 1.94. The maximum Gasteiger partial charge on any atom is 0.118 e. The number of nitrogens with one attached hydrogen (secondary N) is 1. The van der Waals surface area contributed by atoms with Crippen molar-refractivity contribution in [2.45, 2.75) is 39.5 Å². The Balaban J connectivity index is 1.95. The first-order valence-corrected chi connectivity index (χ1v) is 6.79. The molecule has 0 aromatic carbocycles. The normalized spacial score (nSPS) is 21.4. The molecule has 1 saturated heterocycles. The average molecular weight is 252 g/mol. The lowest BCUT2D eigenvalue weighted by molar-refractivity contribution is -0.0325. The maximum atomic E-state index is 5.73. The van der Waals surface area contributed by atoms with Crippen molar-refractivity contribution in [3.05, 3.63) is 23.2 Å². The van der Waals surface area contributed by atoms with E-state index in [9.17, 15) is 0 Å². The summed E-state index contributed by atoms with van der Waals surface area (Å²) in [5.74, 6) is 2.06. The Labute approximate surface area is 109 Å². The lowest BCUT2D eigenvalue weighted by Gasteiger charge is -2.32. The summed E-state index contributed by atoms with van der Waals surface area (Å²) in [5.41, 5.74) is 1.30. The summed E-state index contributed by atoms with van der Waals surface area (Å²) in [6.07, 6.45) is 1.48. The van der Waals surface area contributed by atoms with Crippen molar-refractivity contribution in [1.29, 1.82) is 0 Å². The third-order valence-corrected chi connectivity index (χ3v) is 3.49. The molecule has 1 aliphatic heterocycles. The molecule has 0 saturated carbocycles. The molecule has 0 spiro atoms. The Kier molecular flexibility index (Phi) is 4.80. The van der Waals surface area contributed by atoms with Crippen LogP contribution in [0.15, 0.2) is 10.5 Å². The SMILES string of the molecule is CCC1CN(Cc2cc(CNC)oc2C)CCO1. The molecule has 1 N–H and O–H groups in total. The van der Waals surface area contributed by atoms with Crippen LogP contribution in [-0.2, 0) is 17.8 Å². The summed E-state index contributed by atoms with van der Waals surface area (Å²) >= 11 is 0. The van der Waals surface area contributed by atoms with Crippen molar-refractivity contribution in [1.82, 2.24) is 10.2 Å². The molecular weight excluding hydrogens is 228 g/mol. The molecule has 2 rings (SSSR count). The van der Waals surface area contributed by atoms with Gasteiger partial charge in [0.25, 0.3) is 0 Å². The summed E-state index contributed by atoms with van der Waals surface area (Å²) in [5, 5.41) is 3.12. The van der Waals surface area contributed by atoms with Crippen LogP contribution in [0.25, 0.3) is 0 Å². The Morgan fingerprint density at radius 1 is 1.50 bits per heavy atom. The van der Waals surface area contributed by atoms with Crippen LogP contribution in [0.5, 0.6) is 0 Å². The van der Waals surface area contributed by atoms with Crippen LogP contribution < -0.4 is 5.32 Å². The predicted molar refractivity (Wildman–Crippen MR) is 71.5 cm³/mol. The molecule has 1 unspecified atom stereocenters. The van der Waals surface area contributed by atoms with Crippen molar-refractivity contribution >= 4 is 0 Å². The van der Waals surface area contributed by atoms with E-state index < -0.39 is 0 Å². The largest absolute Gasteiger partial charge is 0.465 e. The lowest BCUT2D eigenvalue weighted by Crippen LogP contribution is -2.41. The topological polar surface area (TPSA) is 37.6 Å². The van der Waals surface area contributed by atoms with Gasteiger partial charge in [-0.2, -0.15) is 0 Å². The molecule has 1 aliphatic rings. The van der Waals surface area contributed by atoms with Gasteiger partial charge in [-0.15, -0.1) is 0 Å². The highest BCUT2D eigenvalue weighted by Crippen LogP contribution is 2.18. The number of ether oxygens (including phenoxy) is 1. The van der Waals surface area contributed by atoms with Gasteiger partial charge in [-0.05, 0) is 26.5 Å². The van der Waals surface area contributed by atoms with Gasteiger partial charge in [-0.25, -0.2) is 0 Å². The quantitative estimate of drug-likeness (QED) is 0.869. The minimum Gasteiger partial charge on any atom is -0.465 e. The van der Waals surface area contributed by atoms with E-state index in [1.165, 1.54) is 5.56 Å². The Morgan fingerprint density at radius 3 is 3.06 bits per heavy atom. The van der Waals surface area contributed by atoms with Crippen molar-refractivity contribution in [2.75, 3.05) is 26.7 Å². The highest BCUT2D eigenvalue weighted by Gasteiger charge is 2.20. The Morgan fingerprint density at radius 2 is 2.33 bits per heavy atom. The fourth-order valence-electron chi connectivity index (χ4n) is 2.42. The van der Waals surface area contributed by atoms with Crippen LogP contribution in [0.1, 0.15) is 30.4 Å². The zero-order chi connectivity index (χ0) is 13.0. The van der Waals surface area contributed by atoms with Crippen molar-refractivity contribution in [3.8, 4) is 0 Å². The summed E-state index contributed by atoms with van der Waals surface area (Å²) < 4.78 is 11.4. The molecule has 1 aromatic heterocycles. The molecule has 4 heteroatoms. The van der Waals surface area contributed by atoms with E-state index in [0.717, 1.165) is 50.7 Å². The number of hydrogen-bond donors (Lipinski definition) is 1. The van der Waals surface area contributed by atoms with Gasteiger partial charge in [0.1, 0.15) is 11.5 Å². The van der Waals surface area contributed by atoms with Gasteiger partial charge in [-0.1, -0.05) is 6.92 Å².